The van der Waals surface area contributed by atoms with Crippen LogP contribution in [0.25, 0.3) is 16.9 Å². The number of carbonyl (C=O) groups excluding carboxylic acids is 6. The molecule has 0 radical (unpaired) electrons. The van der Waals surface area contributed by atoms with Gasteiger partial charge in [0, 0.05) is 142 Å². The molecule has 3 aliphatic heterocycles. The summed E-state index contributed by atoms with van der Waals surface area (Å²) in [7, 11) is 0.974. The van der Waals surface area contributed by atoms with E-state index < -0.39 is 10.1 Å². The highest BCUT2D eigenvalue weighted by Crippen LogP contribution is 2.48. The maximum Gasteiger partial charge on any atom is 0.317 e. The topological polar surface area (TPSA) is 266 Å². The van der Waals surface area contributed by atoms with E-state index in [4.69, 9.17) is 54.1 Å². The van der Waals surface area contributed by atoms with E-state index in [1.54, 1.807) is 53.0 Å². The first-order valence-corrected chi connectivity index (χ1v) is 38.1. The molecule has 102 heavy (non-hydrogen) atoms. The van der Waals surface area contributed by atoms with E-state index in [1.165, 1.54) is 45.4 Å². The van der Waals surface area contributed by atoms with Crippen LogP contribution < -0.4 is 26.2 Å². The predicted molar refractivity (Wildman–Crippen MR) is 399 cm³/mol. The van der Waals surface area contributed by atoms with Gasteiger partial charge in [0.05, 0.1) is 66.2 Å². The number of rotatable bonds is 38. The number of halogens is 3. The molecule has 1 unspecified atom stereocenters. The molecule has 1 aromatic heterocycles. The zero-order valence-corrected chi connectivity index (χ0v) is 63.7. The Kier molecular flexibility index (Phi) is 29.6. The van der Waals surface area contributed by atoms with Crippen LogP contribution in [0.5, 0.6) is 0 Å². The summed E-state index contributed by atoms with van der Waals surface area (Å²) in [4.78, 5) is 84.7. The second-order valence-electron chi connectivity index (χ2n) is 27.9. The first-order valence-electron chi connectivity index (χ1n) is 35.6. The minimum absolute atomic E-state index is 0.00853. The molecule has 0 aliphatic carbocycles. The Hall–Kier alpha value is -7.16. The largest absolute Gasteiger partial charge is 0.379 e. The van der Waals surface area contributed by atoms with E-state index in [0.29, 0.717) is 136 Å². The molecular formula is C75H103Cl3N11O12S+. The number of aryl methyl sites for hydroxylation is 1. The number of urea groups is 1. The molecule has 3 aliphatic rings. The molecule has 5 N–H and O–H groups in total. The number of benzene rings is 4. The summed E-state index contributed by atoms with van der Waals surface area (Å²) >= 11 is 19.0. The summed E-state index contributed by atoms with van der Waals surface area (Å²) in [6.45, 7) is 17.4. The van der Waals surface area contributed by atoms with Crippen LogP contribution in [-0.2, 0) is 54.3 Å². The molecule has 4 heterocycles. The van der Waals surface area contributed by atoms with Crippen LogP contribution in [0.3, 0.4) is 0 Å². The molecule has 0 spiro atoms. The van der Waals surface area contributed by atoms with Gasteiger partial charge in [0.25, 0.3) is 16.0 Å². The number of likely N-dealkylation sites (tertiary alicyclic amines) is 1. The van der Waals surface area contributed by atoms with Crippen LogP contribution >= 0.6 is 34.8 Å². The molecule has 4 aromatic carbocycles. The van der Waals surface area contributed by atoms with E-state index in [1.807, 2.05) is 25.1 Å². The van der Waals surface area contributed by atoms with E-state index in [0.717, 1.165) is 68.3 Å². The Labute approximate surface area is 616 Å². The fourth-order valence-electron chi connectivity index (χ4n) is 14.0. The van der Waals surface area contributed by atoms with Crippen molar-refractivity contribution in [1.82, 2.24) is 45.7 Å². The van der Waals surface area contributed by atoms with E-state index in [2.05, 4.69) is 90.6 Å². The molecule has 0 saturated carbocycles. The van der Waals surface area contributed by atoms with Crippen molar-refractivity contribution in [3.63, 3.8) is 0 Å². The Morgan fingerprint density at radius 1 is 0.667 bits per heavy atom. The minimum atomic E-state index is -4.38. The number of likely N-dealkylation sites (N-methyl/N-ethyl adjacent to an activating group) is 2. The Bertz CT molecular complexity index is 3900. The summed E-state index contributed by atoms with van der Waals surface area (Å²) in [5, 5.41) is 17.7. The number of nitrogens with one attached hydrogen (secondary N) is 4. The monoisotopic (exact) mass is 1490 g/mol. The lowest BCUT2D eigenvalue weighted by Gasteiger charge is -2.35. The van der Waals surface area contributed by atoms with Crippen molar-refractivity contribution in [3.05, 3.63) is 122 Å². The number of anilines is 1. The number of hydrogen-bond acceptors (Lipinski definition) is 13. The standard InChI is InChI=1S/C75H102Cl3N11O12S/c1-51-21-28-61-58(46-51)74(3,4)64(86(61)9)18-12-10-13-19-65-75(5,6)59-48-57(102(96,97)98)27-30-62(59)88(65)37-15-11-14-20-68(92)84(7)49-66(90)79-34-16-40-99-42-44-101-45-43-100-41-17-35-80-67(91)50-85(8)69(93)31-36-81-73(95)87-38-32-56(33-39-87)82-72(94)70-52(2)71(53-22-24-54(76)25-23-53)89(83-70)63-29-26-55(77)47-60(63)78/h21-30,46-48,56,65H,10-20,31-45,49-50H2,1-9H3,(H4-,79,80,81,82,90,91,94,95,96,97,98)/p+1. The molecule has 556 valence electrons. The number of amides is 7. The fourth-order valence-corrected chi connectivity index (χ4v) is 15.1. The van der Waals surface area contributed by atoms with Gasteiger partial charge in [0.1, 0.15) is 7.05 Å². The molecule has 0 bridgehead atoms. The van der Waals surface area contributed by atoms with Crippen molar-refractivity contribution in [2.75, 3.05) is 118 Å². The van der Waals surface area contributed by atoms with Gasteiger partial charge < -0.3 is 55.1 Å². The lowest BCUT2D eigenvalue weighted by molar-refractivity contribution is -0.404. The van der Waals surface area contributed by atoms with Gasteiger partial charge in [-0.1, -0.05) is 91.7 Å². The Morgan fingerprint density at radius 2 is 1.26 bits per heavy atom. The third-order valence-corrected chi connectivity index (χ3v) is 21.4. The zero-order valence-electron chi connectivity index (χ0n) is 60.6. The Morgan fingerprint density at radius 3 is 1.89 bits per heavy atom. The summed E-state index contributed by atoms with van der Waals surface area (Å²) in [6, 6.07) is 23.5. The van der Waals surface area contributed by atoms with Gasteiger partial charge in [-0.25, -0.2) is 14.1 Å². The van der Waals surface area contributed by atoms with Crippen LogP contribution in [0.15, 0.2) is 83.8 Å². The number of ether oxygens (including phenoxy) is 3. The first-order chi connectivity index (χ1) is 48.6. The van der Waals surface area contributed by atoms with Crippen LogP contribution in [-0.4, -0.2) is 209 Å². The average molecular weight is 1490 g/mol. The van der Waals surface area contributed by atoms with Crippen LogP contribution in [0.2, 0.25) is 15.1 Å². The summed E-state index contributed by atoms with van der Waals surface area (Å²) in [5.74, 6) is -1.32. The number of piperidine rings is 1. The lowest BCUT2D eigenvalue weighted by Crippen LogP contribution is -2.50. The number of unbranched alkanes of at least 4 members (excludes halogenated alkanes) is 4. The van der Waals surface area contributed by atoms with Crippen molar-refractivity contribution in [2.24, 2.45) is 0 Å². The molecule has 23 nitrogen and oxygen atoms in total. The first kappa shape index (κ1) is 80.5. The van der Waals surface area contributed by atoms with Gasteiger partial charge in [0.2, 0.25) is 29.3 Å². The smallest absolute Gasteiger partial charge is 0.317 e. The van der Waals surface area contributed by atoms with Crippen molar-refractivity contribution in [3.8, 4) is 16.9 Å². The van der Waals surface area contributed by atoms with Crippen molar-refractivity contribution in [2.45, 2.75) is 159 Å². The molecule has 8 rings (SSSR count). The van der Waals surface area contributed by atoms with Gasteiger partial charge >= 0.3 is 6.03 Å². The predicted octanol–water partition coefficient (Wildman–Crippen LogP) is 11.0. The summed E-state index contributed by atoms with van der Waals surface area (Å²) in [5.41, 5.74) is 9.76. The zero-order chi connectivity index (χ0) is 73.9. The third-order valence-electron chi connectivity index (χ3n) is 19.7. The molecule has 5 aromatic rings. The lowest BCUT2D eigenvalue weighted by atomic mass is 9.78. The summed E-state index contributed by atoms with van der Waals surface area (Å²) < 4.78 is 55.3. The molecule has 27 heteroatoms. The highest BCUT2D eigenvalue weighted by molar-refractivity contribution is 7.85. The molecule has 1 saturated heterocycles. The van der Waals surface area contributed by atoms with Gasteiger partial charge in [-0.2, -0.15) is 13.5 Å². The molecule has 1 atom stereocenters. The number of carbonyl (C=O) groups is 6. The van der Waals surface area contributed by atoms with Gasteiger partial charge in [-0.15, -0.1) is 0 Å². The molecule has 7 amide bonds. The number of nitrogens with zero attached hydrogens (tertiary/aromatic N) is 7. The van der Waals surface area contributed by atoms with Gasteiger partial charge in [-0.05, 0) is 139 Å². The molecule has 1 fully saturated rings. The highest BCUT2D eigenvalue weighted by atomic mass is 35.5. The van der Waals surface area contributed by atoms with E-state index in [-0.39, 0.29) is 95.1 Å². The van der Waals surface area contributed by atoms with Crippen molar-refractivity contribution < 1.29 is 60.5 Å². The van der Waals surface area contributed by atoms with Gasteiger partial charge in [0.15, 0.2) is 11.4 Å². The molecular weight excluding hydrogens is 1390 g/mol. The minimum Gasteiger partial charge on any atom is -0.379 e. The van der Waals surface area contributed by atoms with E-state index in [9.17, 15) is 41.7 Å². The van der Waals surface area contributed by atoms with Crippen LogP contribution in [0, 0.1) is 13.8 Å². The van der Waals surface area contributed by atoms with Crippen molar-refractivity contribution >= 4 is 97.6 Å². The number of fused-ring (bicyclic) bond motifs is 2. The normalized spacial score (nSPS) is 15.5. The second kappa shape index (κ2) is 37.5. The maximum atomic E-state index is 13.7. The Balaban J connectivity index is 0.602. The van der Waals surface area contributed by atoms with Gasteiger partial charge in [-0.3, -0.25) is 28.5 Å². The summed E-state index contributed by atoms with van der Waals surface area (Å²) in [6.07, 6.45) is 9.87. The average Bonchev–Trinajstić information content (AvgIpc) is 1.60. The third kappa shape index (κ3) is 21.7. The quantitative estimate of drug-likeness (QED) is 0.0140. The highest BCUT2D eigenvalue weighted by Gasteiger charge is 2.46. The van der Waals surface area contributed by atoms with Crippen LogP contribution in [0.4, 0.5) is 16.2 Å². The van der Waals surface area contributed by atoms with Crippen LogP contribution in [0.1, 0.15) is 150 Å². The SMILES string of the molecule is Cc1ccc2c(c1)C(C)(C)C(CCCCCC1N(CCCCCC(=O)N(C)CC(=O)NCCCOCCOCCOCCCNC(=O)CN(C)C(=O)CCNC(=O)N3CCC(NC(=O)c4nn(-c5ccc(Cl)cc5Cl)c(-c5ccc(Cl)cc5)c4C)CC3)c3ccc(S(=O)(=O)O)cc3C1(C)C)=[N+]2C. The second-order valence-corrected chi connectivity index (χ2v) is 30.6. The fraction of sp³-hybridized carbons (Fsp3) is 0.547. The number of aromatic nitrogens is 2. The maximum absolute atomic E-state index is 13.7. The van der Waals surface area contributed by atoms with E-state index >= 15 is 0 Å². The number of hydrogen-bond donors (Lipinski definition) is 5. The van der Waals surface area contributed by atoms with Crippen molar-refractivity contribution in [1.29, 1.82) is 0 Å².